The van der Waals surface area contributed by atoms with E-state index in [1.807, 2.05) is 24.3 Å². The molecule has 1 fully saturated rings. The lowest BCUT2D eigenvalue weighted by atomic mass is 9.95. The van der Waals surface area contributed by atoms with Crippen LogP contribution in [0.2, 0.25) is 0 Å². The Balaban J connectivity index is 0.000000451. The number of carbonyl (C=O) groups is 1. The van der Waals surface area contributed by atoms with Crippen molar-refractivity contribution in [2.45, 2.75) is 57.9 Å². The van der Waals surface area contributed by atoms with Crippen LogP contribution in [0.15, 0.2) is 24.3 Å². The summed E-state index contributed by atoms with van der Waals surface area (Å²) in [5.74, 6) is -0.836. The van der Waals surface area contributed by atoms with Crippen LogP contribution in [-0.4, -0.2) is 38.0 Å². The van der Waals surface area contributed by atoms with E-state index in [-0.39, 0.29) is 18.8 Å². The van der Waals surface area contributed by atoms with Gasteiger partial charge in [-0.25, -0.2) is 0 Å². The van der Waals surface area contributed by atoms with Crippen molar-refractivity contribution >= 4 is 5.97 Å². The van der Waals surface area contributed by atoms with Gasteiger partial charge >= 0.3 is 12.1 Å². The average Bonchev–Trinajstić information content (AvgIpc) is 3.13. The lowest BCUT2D eigenvalue weighted by molar-refractivity contribution is -0.222. The van der Waals surface area contributed by atoms with Gasteiger partial charge in [0, 0.05) is 26.2 Å². The summed E-state index contributed by atoms with van der Waals surface area (Å²) in [6.45, 7) is 4.66. The first-order chi connectivity index (χ1) is 12.9. The number of halogens is 3. The van der Waals surface area contributed by atoms with E-state index in [2.05, 4.69) is 10.1 Å². The topological polar surface area (TPSA) is 47.6 Å². The molecular formula is C20H28F3NO3. The average molecular weight is 387 g/mol. The molecule has 27 heavy (non-hydrogen) atoms. The summed E-state index contributed by atoms with van der Waals surface area (Å²) in [5.41, 5.74) is 2.30. The number of fused-ring (bicyclic) bond motifs is 1. The summed E-state index contributed by atoms with van der Waals surface area (Å²) in [4.78, 5) is 11.8. The maximum Gasteiger partial charge on any atom is 0.425 e. The highest BCUT2D eigenvalue weighted by molar-refractivity contribution is 5.70. The zero-order valence-corrected chi connectivity index (χ0v) is 15.7. The molecule has 0 aliphatic carbocycles. The third kappa shape index (κ3) is 7.50. The van der Waals surface area contributed by atoms with Crippen LogP contribution < -0.4 is 5.32 Å². The van der Waals surface area contributed by atoms with Crippen LogP contribution in [0.25, 0.3) is 0 Å². The molecule has 1 saturated heterocycles. The Kier molecular flexibility index (Phi) is 8.57. The summed E-state index contributed by atoms with van der Waals surface area (Å²) >= 11 is 0. The van der Waals surface area contributed by atoms with Crippen molar-refractivity contribution < 1.29 is 27.4 Å². The molecule has 0 radical (unpaired) electrons. The molecule has 7 heteroatoms. The predicted molar refractivity (Wildman–Crippen MR) is 96.2 cm³/mol. The fourth-order valence-electron chi connectivity index (χ4n) is 3.20. The van der Waals surface area contributed by atoms with Gasteiger partial charge in [0.05, 0.1) is 0 Å². The fraction of sp³-hybridized carbons (Fsp3) is 0.650. The van der Waals surface area contributed by atoms with E-state index < -0.39 is 18.2 Å². The molecule has 3 rings (SSSR count). The number of nitrogens with one attached hydrogen (secondary N) is 1. The molecule has 0 saturated carbocycles. The molecule has 1 aromatic rings. The van der Waals surface area contributed by atoms with E-state index in [4.69, 9.17) is 4.74 Å². The van der Waals surface area contributed by atoms with Gasteiger partial charge in [0.1, 0.15) is 0 Å². The quantitative estimate of drug-likeness (QED) is 0.793. The predicted octanol–water partition coefficient (Wildman–Crippen LogP) is 4.02. The van der Waals surface area contributed by atoms with Crippen molar-refractivity contribution in [1.82, 2.24) is 5.32 Å². The highest BCUT2D eigenvalue weighted by Gasteiger charge is 2.41. The SMILES string of the molecule is C1CCOC1.CCC(OC(=O)CC1CNCc2ccccc2C1)C(F)(F)F. The van der Waals surface area contributed by atoms with Gasteiger partial charge in [-0.3, -0.25) is 4.79 Å². The van der Waals surface area contributed by atoms with Gasteiger partial charge in [0.2, 0.25) is 0 Å². The number of hydrogen-bond acceptors (Lipinski definition) is 4. The van der Waals surface area contributed by atoms with Gasteiger partial charge < -0.3 is 14.8 Å². The lowest BCUT2D eigenvalue weighted by Gasteiger charge is -2.21. The molecule has 152 valence electrons. The number of carbonyl (C=O) groups excluding carboxylic acids is 1. The fourth-order valence-corrected chi connectivity index (χ4v) is 3.20. The summed E-state index contributed by atoms with van der Waals surface area (Å²) in [7, 11) is 0. The Morgan fingerprint density at radius 2 is 1.93 bits per heavy atom. The molecule has 1 N–H and O–H groups in total. The van der Waals surface area contributed by atoms with Crippen LogP contribution in [0.4, 0.5) is 13.2 Å². The molecule has 2 unspecified atom stereocenters. The number of benzene rings is 1. The van der Waals surface area contributed by atoms with E-state index >= 15 is 0 Å². The van der Waals surface area contributed by atoms with Crippen LogP contribution in [0.1, 0.15) is 43.7 Å². The number of alkyl halides is 3. The minimum Gasteiger partial charge on any atom is -0.453 e. The van der Waals surface area contributed by atoms with Gasteiger partial charge in [-0.2, -0.15) is 13.2 Å². The first-order valence-corrected chi connectivity index (χ1v) is 9.51. The molecule has 2 aliphatic heterocycles. The second-order valence-corrected chi connectivity index (χ2v) is 6.92. The van der Waals surface area contributed by atoms with Gasteiger partial charge in [-0.15, -0.1) is 0 Å². The highest BCUT2D eigenvalue weighted by atomic mass is 19.4. The summed E-state index contributed by atoms with van der Waals surface area (Å²) in [5, 5.41) is 3.23. The summed E-state index contributed by atoms with van der Waals surface area (Å²) in [6, 6.07) is 7.88. The van der Waals surface area contributed by atoms with Crippen molar-refractivity contribution in [1.29, 1.82) is 0 Å². The van der Waals surface area contributed by atoms with Gasteiger partial charge in [-0.05, 0) is 49.3 Å². The Hall–Kier alpha value is -1.60. The maximum absolute atomic E-state index is 12.6. The lowest BCUT2D eigenvalue weighted by Crippen LogP contribution is -2.34. The van der Waals surface area contributed by atoms with Gasteiger partial charge in [0.25, 0.3) is 0 Å². The summed E-state index contributed by atoms with van der Waals surface area (Å²) < 4.78 is 47.4. The summed E-state index contributed by atoms with van der Waals surface area (Å²) in [6.07, 6.45) is -3.56. The van der Waals surface area contributed by atoms with E-state index in [9.17, 15) is 18.0 Å². The van der Waals surface area contributed by atoms with E-state index in [1.165, 1.54) is 25.3 Å². The Morgan fingerprint density at radius 1 is 1.26 bits per heavy atom. The number of esters is 1. The van der Waals surface area contributed by atoms with Crippen LogP contribution in [-0.2, 0) is 27.2 Å². The minimum atomic E-state index is -4.50. The Labute approximate surface area is 158 Å². The zero-order chi connectivity index (χ0) is 19.7. The molecular weight excluding hydrogens is 359 g/mol. The molecule has 0 amide bonds. The largest absolute Gasteiger partial charge is 0.453 e. The second kappa shape index (κ2) is 10.7. The number of rotatable bonds is 4. The molecule has 2 heterocycles. The van der Waals surface area contributed by atoms with Gasteiger partial charge in [0.15, 0.2) is 6.10 Å². The monoisotopic (exact) mass is 387 g/mol. The van der Waals surface area contributed by atoms with Crippen LogP contribution in [0.5, 0.6) is 0 Å². The number of ether oxygens (including phenoxy) is 2. The minimum absolute atomic E-state index is 0.00604. The van der Waals surface area contributed by atoms with E-state index in [0.717, 1.165) is 18.8 Å². The first-order valence-electron chi connectivity index (χ1n) is 9.51. The normalized spacial score (nSPS) is 20.7. The smallest absolute Gasteiger partial charge is 0.425 e. The third-order valence-corrected chi connectivity index (χ3v) is 4.67. The molecule has 0 spiro atoms. The van der Waals surface area contributed by atoms with Crippen molar-refractivity contribution in [2.24, 2.45) is 5.92 Å². The van der Waals surface area contributed by atoms with Crippen molar-refractivity contribution in [2.75, 3.05) is 19.8 Å². The Morgan fingerprint density at radius 3 is 2.48 bits per heavy atom. The second-order valence-electron chi connectivity index (χ2n) is 6.92. The maximum atomic E-state index is 12.6. The highest BCUT2D eigenvalue weighted by Crippen LogP contribution is 2.26. The molecule has 2 aliphatic rings. The molecule has 1 aromatic carbocycles. The standard InChI is InChI=1S/C16H20F3NO2.C4H8O/c1-2-14(16(17,18)19)22-15(21)8-11-7-12-5-3-4-6-13(12)10-20-9-11;1-2-4-5-3-1/h3-6,11,14,20H,2,7-10H2,1H3;1-4H2. The number of hydrogen-bond donors (Lipinski definition) is 1. The van der Waals surface area contributed by atoms with Crippen LogP contribution >= 0.6 is 0 Å². The molecule has 4 nitrogen and oxygen atoms in total. The first kappa shape index (κ1) is 21.7. The van der Waals surface area contributed by atoms with E-state index in [1.54, 1.807) is 0 Å². The van der Waals surface area contributed by atoms with Crippen molar-refractivity contribution in [3.8, 4) is 0 Å². The van der Waals surface area contributed by atoms with E-state index in [0.29, 0.717) is 19.5 Å². The molecule has 2 atom stereocenters. The molecule has 0 aromatic heterocycles. The van der Waals surface area contributed by atoms with Gasteiger partial charge in [-0.1, -0.05) is 31.2 Å². The zero-order valence-electron chi connectivity index (χ0n) is 15.7. The Bertz CT molecular complexity index is 580. The van der Waals surface area contributed by atoms with Crippen LogP contribution in [0.3, 0.4) is 0 Å². The van der Waals surface area contributed by atoms with Crippen molar-refractivity contribution in [3.05, 3.63) is 35.4 Å². The van der Waals surface area contributed by atoms with Crippen molar-refractivity contribution in [3.63, 3.8) is 0 Å². The van der Waals surface area contributed by atoms with Crippen LogP contribution in [0, 0.1) is 5.92 Å². The molecule has 0 bridgehead atoms. The third-order valence-electron chi connectivity index (χ3n) is 4.67.